The Morgan fingerprint density at radius 2 is 0.902 bits per heavy atom. The van der Waals surface area contributed by atoms with Gasteiger partial charge < -0.3 is 0 Å². The lowest BCUT2D eigenvalue weighted by molar-refractivity contribution is 0.853. The molecule has 2 heteroatoms. The molecule has 0 spiro atoms. The van der Waals surface area contributed by atoms with Crippen LogP contribution in [0.2, 0.25) is 10.0 Å². The minimum atomic E-state index is 0.781. The fourth-order valence-corrected chi connectivity index (χ4v) is 10.3. The highest BCUT2D eigenvalue weighted by atomic mass is 35.5. The maximum Gasteiger partial charge on any atom is 0.0418 e. The van der Waals surface area contributed by atoms with Crippen LogP contribution in [-0.4, -0.2) is 0 Å². The Morgan fingerprint density at radius 1 is 0.392 bits per heavy atom. The van der Waals surface area contributed by atoms with Gasteiger partial charge in [-0.05, 0) is 170 Å². The van der Waals surface area contributed by atoms with Gasteiger partial charge in [0.25, 0.3) is 0 Å². The second-order valence-electron chi connectivity index (χ2n) is 14.5. The summed E-state index contributed by atoms with van der Waals surface area (Å²) < 4.78 is 0. The van der Waals surface area contributed by atoms with Crippen LogP contribution in [0.1, 0.15) is 29.5 Å². The van der Waals surface area contributed by atoms with E-state index >= 15 is 0 Å². The second kappa shape index (κ2) is 10.1. The molecule has 0 saturated heterocycles. The summed E-state index contributed by atoms with van der Waals surface area (Å²) in [7, 11) is 0. The van der Waals surface area contributed by atoms with Crippen molar-refractivity contribution in [3.05, 3.63) is 160 Å². The highest BCUT2D eigenvalue weighted by Gasteiger charge is 2.30. The van der Waals surface area contributed by atoms with Crippen LogP contribution in [0, 0.1) is 0 Å². The van der Waals surface area contributed by atoms with Gasteiger partial charge in [-0.1, -0.05) is 126 Å². The molecule has 2 aliphatic rings. The summed E-state index contributed by atoms with van der Waals surface area (Å²) in [5.74, 6) is 0. The predicted octanol–water partition coefficient (Wildman–Crippen LogP) is 14.9. The first-order valence-corrected chi connectivity index (χ1v) is 18.6. The third kappa shape index (κ3) is 3.82. The quantitative estimate of drug-likeness (QED) is 0.159. The molecule has 0 aromatic heterocycles. The van der Waals surface area contributed by atoms with Gasteiger partial charge in [-0.15, -0.1) is 0 Å². The molecular formula is C49H28Cl2. The zero-order valence-electron chi connectivity index (χ0n) is 27.6. The zero-order chi connectivity index (χ0) is 33.5. The van der Waals surface area contributed by atoms with Crippen molar-refractivity contribution in [3.63, 3.8) is 0 Å². The van der Waals surface area contributed by atoms with Crippen LogP contribution in [0.25, 0.3) is 104 Å². The normalized spacial score (nSPS) is 14.0. The first-order valence-electron chi connectivity index (χ1n) is 17.9. The van der Waals surface area contributed by atoms with Crippen LogP contribution >= 0.6 is 23.2 Å². The van der Waals surface area contributed by atoms with Crippen molar-refractivity contribution in [2.24, 2.45) is 0 Å². The molecule has 10 aromatic carbocycles. The summed E-state index contributed by atoms with van der Waals surface area (Å²) in [5, 5.41) is 16.7. The van der Waals surface area contributed by atoms with Crippen molar-refractivity contribution >= 4 is 93.4 Å². The average Bonchev–Trinajstić information content (AvgIpc) is 3.29. The van der Waals surface area contributed by atoms with Gasteiger partial charge in [-0.3, -0.25) is 0 Å². The lowest BCUT2D eigenvalue weighted by atomic mass is 9.85. The van der Waals surface area contributed by atoms with Gasteiger partial charge in [-0.25, -0.2) is 0 Å². The molecule has 0 heterocycles. The van der Waals surface area contributed by atoms with Crippen molar-refractivity contribution in [1.29, 1.82) is 0 Å². The number of rotatable bonds is 2. The van der Waals surface area contributed by atoms with Crippen LogP contribution in [0.3, 0.4) is 0 Å². The van der Waals surface area contributed by atoms with Crippen molar-refractivity contribution in [2.75, 3.05) is 0 Å². The van der Waals surface area contributed by atoms with E-state index in [1.807, 2.05) is 0 Å². The molecule has 2 aliphatic carbocycles. The van der Waals surface area contributed by atoms with Gasteiger partial charge in [-0.2, -0.15) is 0 Å². The summed E-state index contributed by atoms with van der Waals surface area (Å²) in [4.78, 5) is 0. The van der Waals surface area contributed by atoms with E-state index in [0.29, 0.717) is 0 Å². The van der Waals surface area contributed by atoms with Crippen LogP contribution in [0.4, 0.5) is 0 Å². The SMILES string of the molecule is Clc1cc2ccc3ccc(-c4ccc5c(c4)C4=CCCCc6c(-c7ccc8ccc9cc(Cl)cc%10ccc7c8c9%10)ccc-5c64)c4ccc(c1)c2c34. The Labute approximate surface area is 304 Å². The monoisotopic (exact) mass is 686 g/mol. The molecule has 238 valence electrons. The van der Waals surface area contributed by atoms with Crippen LogP contribution in [0.15, 0.2) is 133 Å². The Kier molecular flexibility index (Phi) is 5.61. The number of hydrogen-bond acceptors (Lipinski definition) is 0. The summed E-state index contributed by atoms with van der Waals surface area (Å²) in [6, 6.07) is 47.6. The van der Waals surface area contributed by atoms with E-state index in [4.69, 9.17) is 23.2 Å². The number of benzene rings is 10. The maximum absolute atomic E-state index is 6.53. The summed E-state index contributed by atoms with van der Waals surface area (Å²) >= 11 is 13.0. The minimum absolute atomic E-state index is 0.781. The largest absolute Gasteiger partial charge is 0.0843 e. The first kappa shape index (κ1) is 28.3. The van der Waals surface area contributed by atoms with Gasteiger partial charge in [0.2, 0.25) is 0 Å². The standard InChI is InChI=1S/C49H28Cl2/c50-33-21-29-7-5-26-9-14-35(41-17-12-31(23-33)45(29)47(26)41)28-11-16-38-43-20-19-37(39-3-1-2-4-40(49(39)43)44(38)25-28)36-15-10-27-6-8-30-22-34(51)24-32-13-18-42(36)48(27)46(30)32/h4-25H,1-3H2. The number of hydrogen-bond donors (Lipinski definition) is 0. The van der Waals surface area contributed by atoms with Gasteiger partial charge >= 0.3 is 0 Å². The zero-order valence-corrected chi connectivity index (χ0v) is 29.1. The molecule has 0 atom stereocenters. The number of halogens is 2. The lowest BCUT2D eigenvalue weighted by Crippen LogP contribution is -1.96. The third-order valence-electron chi connectivity index (χ3n) is 11.9. The molecule has 0 amide bonds. The molecular weight excluding hydrogens is 659 g/mol. The molecule has 0 unspecified atom stereocenters. The first-order chi connectivity index (χ1) is 25.1. The Morgan fingerprint density at radius 3 is 1.57 bits per heavy atom. The van der Waals surface area contributed by atoms with Crippen molar-refractivity contribution in [1.82, 2.24) is 0 Å². The van der Waals surface area contributed by atoms with E-state index in [-0.39, 0.29) is 0 Å². The van der Waals surface area contributed by atoms with Crippen LogP contribution in [-0.2, 0) is 6.42 Å². The fourth-order valence-electron chi connectivity index (χ4n) is 9.78. The van der Waals surface area contributed by atoms with E-state index in [2.05, 4.69) is 133 Å². The fraction of sp³-hybridized carbons (Fsp3) is 0.0612. The van der Waals surface area contributed by atoms with E-state index in [1.54, 1.807) is 0 Å². The molecule has 12 rings (SSSR count). The number of fused-ring (bicyclic) bond motifs is 3. The lowest BCUT2D eigenvalue weighted by Gasteiger charge is -2.18. The summed E-state index contributed by atoms with van der Waals surface area (Å²) in [6.07, 6.45) is 5.80. The Hall–Kier alpha value is -5.40. The van der Waals surface area contributed by atoms with E-state index in [1.165, 1.54) is 120 Å². The minimum Gasteiger partial charge on any atom is -0.0843 e. The summed E-state index contributed by atoms with van der Waals surface area (Å²) in [6.45, 7) is 0. The smallest absolute Gasteiger partial charge is 0.0418 e. The Balaban J connectivity index is 1.05. The van der Waals surface area contributed by atoms with Gasteiger partial charge in [0.1, 0.15) is 0 Å². The maximum atomic E-state index is 6.53. The molecule has 0 bridgehead atoms. The summed E-state index contributed by atoms with van der Waals surface area (Å²) in [5.41, 5.74) is 13.6. The Bertz CT molecular complexity index is 3140. The molecule has 0 aliphatic heterocycles. The molecule has 0 N–H and O–H groups in total. The topological polar surface area (TPSA) is 0 Å². The van der Waals surface area contributed by atoms with E-state index in [9.17, 15) is 0 Å². The molecule has 0 nitrogen and oxygen atoms in total. The molecule has 0 fully saturated rings. The molecule has 51 heavy (non-hydrogen) atoms. The number of allylic oxidation sites excluding steroid dienone is 1. The van der Waals surface area contributed by atoms with Gasteiger partial charge in [0, 0.05) is 10.0 Å². The van der Waals surface area contributed by atoms with Crippen molar-refractivity contribution in [2.45, 2.75) is 19.3 Å². The highest BCUT2D eigenvalue weighted by Crippen LogP contribution is 2.52. The molecule has 10 aromatic rings. The van der Waals surface area contributed by atoms with E-state index in [0.717, 1.165) is 29.3 Å². The highest BCUT2D eigenvalue weighted by molar-refractivity contribution is 6.35. The average molecular weight is 688 g/mol. The van der Waals surface area contributed by atoms with Gasteiger partial charge in [0.05, 0.1) is 0 Å². The van der Waals surface area contributed by atoms with Crippen LogP contribution in [0.5, 0.6) is 0 Å². The van der Waals surface area contributed by atoms with Crippen molar-refractivity contribution in [3.8, 4) is 33.4 Å². The van der Waals surface area contributed by atoms with Crippen molar-refractivity contribution < 1.29 is 0 Å². The van der Waals surface area contributed by atoms with Crippen LogP contribution < -0.4 is 0 Å². The predicted molar refractivity (Wildman–Crippen MR) is 220 cm³/mol. The third-order valence-corrected chi connectivity index (χ3v) is 12.3. The molecule has 0 saturated carbocycles. The van der Waals surface area contributed by atoms with E-state index < -0.39 is 0 Å². The van der Waals surface area contributed by atoms with Gasteiger partial charge in [0.15, 0.2) is 0 Å². The second-order valence-corrected chi connectivity index (χ2v) is 15.4. The molecule has 0 radical (unpaired) electrons.